The van der Waals surface area contributed by atoms with Gasteiger partial charge in [0.1, 0.15) is 11.6 Å². The van der Waals surface area contributed by atoms with Gasteiger partial charge in [0.05, 0.1) is 12.7 Å². The third-order valence-corrected chi connectivity index (χ3v) is 5.84. The number of aryl methyl sites for hydroxylation is 1. The van der Waals surface area contributed by atoms with E-state index in [4.69, 9.17) is 9.47 Å². The number of nitrogens with zero attached hydrogens (tertiary/aromatic N) is 1. The summed E-state index contributed by atoms with van der Waals surface area (Å²) in [5.74, 6) is 0.491. The average molecular weight is 441 g/mol. The normalized spacial score (nSPS) is 17.5. The fourth-order valence-corrected chi connectivity index (χ4v) is 4.17. The van der Waals surface area contributed by atoms with Crippen molar-refractivity contribution >= 4 is 17.5 Å². The van der Waals surface area contributed by atoms with Gasteiger partial charge in [0.2, 0.25) is 11.8 Å². The van der Waals surface area contributed by atoms with Crippen LogP contribution >= 0.6 is 0 Å². The van der Waals surface area contributed by atoms with Crippen molar-refractivity contribution in [1.82, 2.24) is 4.90 Å². The summed E-state index contributed by atoms with van der Waals surface area (Å²) in [4.78, 5) is 26.2. The Kier molecular flexibility index (Phi) is 7.37. The van der Waals surface area contributed by atoms with Gasteiger partial charge >= 0.3 is 0 Å². The van der Waals surface area contributed by atoms with E-state index in [9.17, 15) is 14.0 Å². The molecule has 6 nitrogen and oxygen atoms in total. The quantitative estimate of drug-likeness (QED) is 0.597. The van der Waals surface area contributed by atoms with E-state index in [1.807, 2.05) is 24.3 Å². The zero-order chi connectivity index (χ0) is 22.3. The van der Waals surface area contributed by atoms with Crippen molar-refractivity contribution in [3.8, 4) is 5.75 Å². The molecule has 2 heterocycles. The molecule has 1 saturated heterocycles. The first kappa shape index (κ1) is 22.3. The largest absolute Gasteiger partial charge is 0.494 e. The SMILES string of the molecule is O=C1CCc2cc(OCCCC(=O)N(Cc3cccc(F)c3)CC3CCCO3)ccc2N1. The summed E-state index contributed by atoms with van der Waals surface area (Å²) < 4.78 is 25.1. The number of carbonyl (C=O) groups is 2. The van der Waals surface area contributed by atoms with Crippen molar-refractivity contribution in [3.63, 3.8) is 0 Å². The molecule has 1 unspecified atom stereocenters. The topological polar surface area (TPSA) is 67.9 Å². The van der Waals surface area contributed by atoms with Crippen molar-refractivity contribution in [2.45, 2.75) is 51.2 Å². The molecule has 0 spiro atoms. The maximum Gasteiger partial charge on any atom is 0.224 e. The molecule has 1 fully saturated rings. The summed E-state index contributed by atoms with van der Waals surface area (Å²) in [6, 6.07) is 12.0. The van der Waals surface area contributed by atoms with Crippen LogP contribution in [0.1, 0.15) is 43.2 Å². The lowest BCUT2D eigenvalue weighted by molar-refractivity contribution is -0.133. The Morgan fingerprint density at radius 3 is 2.94 bits per heavy atom. The van der Waals surface area contributed by atoms with E-state index < -0.39 is 0 Å². The van der Waals surface area contributed by atoms with Crippen LogP contribution in [0.25, 0.3) is 0 Å². The predicted molar refractivity (Wildman–Crippen MR) is 119 cm³/mol. The lowest BCUT2D eigenvalue weighted by atomic mass is 10.0. The third-order valence-electron chi connectivity index (χ3n) is 5.84. The Morgan fingerprint density at radius 2 is 2.12 bits per heavy atom. The van der Waals surface area contributed by atoms with Crippen molar-refractivity contribution < 1.29 is 23.5 Å². The average Bonchev–Trinajstić information content (AvgIpc) is 3.29. The lowest BCUT2D eigenvalue weighted by Gasteiger charge is -2.26. The highest BCUT2D eigenvalue weighted by molar-refractivity contribution is 5.94. The number of amides is 2. The second-order valence-electron chi connectivity index (χ2n) is 8.36. The van der Waals surface area contributed by atoms with Gasteiger partial charge in [0.25, 0.3) is 0 Å². The molecule has 0 aliphatic carbocycles. The molecule has 2 aromatic rings. The molecule has 4 rings (SSSR count). The maximum atomic E-state index is 13.6. The van der Waals surface area contributed by atoms with E-state index >= 15 is 0 Å². The summed E-state index contributed by atoms with van der Waals surface area (Å²) in [5, 5.41) is 2.86. The molecule has 7 heteroatoms. The minimum Gasteiger partial charge on any atom is -0.494 e. The zero-order valence-corrected chi connectivity index (χ0v) is 18.1. The number of hydrogen-bond donors (Lipinski definition) is 1. The number of anilines is 1. The maximum absolute atomic E-state index is 13.6. The van der Waals surface area contributed by atoms with Crippen LogP contribution in [0.5, 0.6) is 5.75 Å². The molecule has 2 amide bonds. The van der Waals surface area contributed by atoms with Crippen molar-refractivity contribution in [2.24, 2.45) is 0 Å². The van der Waals surface area contributed by atoms with Gasteiger partial charge in [0.15, 0.2) is 0 Å². The fraction of sp³-hybridized carbons (Fsp3) is 0.440. The first-order valence-corrected chi connectivity index (χ1v) is 11.3. The Labute approximate surface area is 187 Å². The highest BCUT2D eigenvalue weighted by Crippen LogP contribution is 2.27. The molecular formula is C25H29FN2O4. The van der Waals surface area contributed by atoms with E-state index in [1.165, 1.54) is 12.1 Å². The Bertz CT molecular complexity index is 959. The van der Waals surface area contributed by atoms with Gasteiger partial charge in [-0.15, -0.1) is 0 Å². The molecule has 1 atom stereocenters. The Hall–Kier alpha value is -2.93. The van der Waals surface area contributed by atoms with Crippen LogP contribution in [0.15, 0.2) is 42.5 Å². The molecule has 0 bridgehead atoms. The fourth-order valence-electron chi connectivity index (χ4n) is 4.17. The van der Waals surface area contributed by atoms with Crippen molar-refractivity contribution in [3.05, 3.63) is 59.4 Å². The summed E-state index contributed by atoms with van der Waals surface area (Å²) in [7, 11) is 0. The van der Waals surface area contributed by atoms with Gasteiger partial charge in [0, 0.05) is 38.2 Å². The molecule has 0 saturated carbocycles. The minimum atomic E-state index is -0.301. The first-order valence-electron chi connectivity index (χ1n) is 11.3. The van der Waals surface area contributed by atoms with E-state index in [2.05, 4.69) is 5.32 Å². The second-order valence-corrected chi connectivity index (χ2v) is 8.36. The van der Waals surface area contributed by atoms with Crippen LogP contribution < -0.4 is 10.1 Å². The number of hydrogen-bond acceptors (Lipinski definition) is 4. The minimum absolute atomic E-state index is 0.0153. The number of ether oxygens (including phenoxy) is 2. The first-order chi connectivity index (χ1) is 15.6. The molecule has 0 radical (unpaired) electrons. The molecule has 32 heavy (non-hydrogen) atoms. The Morgan fingerprint density at radius 1 is 1.22 bits per heavy atom. The number of nitrogens with one attached hydrogen (secondary N) is 1. The monoisotopic (exact) mass is 440 g/mol. The number of benzene rings is 2. The smallest absolute Gasteiger partial charge is 0.224 e. The number of fused-ring (bicyclic) bond motifs is 1. The van der Waals surface area contributed by atoms with Crippen LogP contribution in [0.3, 0.4) is 0 Å². The number of rotatable bonds is 9. The summed E-state index contributed by atoms with van der Waals surface area (Å²) in [6.45, 7) is 2.04. The summed E-state index contributed by atoms with van der Waals surface area (Å²) in [6.07, 6.45) is 4.10. The van der Waals surface area contributed by atoms with Crippen molar-refractivity contribution in [2.75, 3.05) is 25.1 Å². The van der Waals surface area contributed by atoms with Gasteiger partial charge < -0.3 is 19.7 Å². The van der Waals surface area contributed by atoms with Crippen LogP contribution in [0, 0.1) is 5.82 Å². The standard InChI is InChI=1S/C25H29FN2O4/c26-20-5-1-4-18(14-20)16-28(17-22-6-2-12-32-22)25(30)7-3-13-31-21-9-10-23-19(15-21)8-11-24(29)27-23/h1,4-5,9-10,14-15,22H,2-3,6-8,11-13,16-17H2,(H,27,29). The van der Waals surface area contributed by atoms with E-state index in [0.717, 1.165) is 42.0 Å². The Balaban J connectivity index is 1.29. The zero-order valence-electron chi connectivity index (χ0n) is 18.1. The molecule has 0 aromatic heterocycles. The van der Waals surface area contributed by atoms with Gasteiger partial charge in [-0.2, -0.15) is 0 Å². The third kappa shape index (κ3) is 6.07. The summed E-state index contributed by atoms with van der Waals surface area (Å²) >= 11 is 0. The molecule has 170 valence electrons. The molecular weight excluding hydrogens is 411 g/mol. The van der Waals surface area contributed by atoms with Crippen LogP contribution in [0.4, 0.5) is 10.1 Å². The van der Waals surface area contributed by atoms with Crippen molar-refractivity contribution in [1.29, 1.82) is 0 Å². The highest BCUT2D eigenvalue weighted by atomic mass is 19.1. The second kappa shape index (κ2) is 10.6. The molecule has 1 N–H and O–H groups in total. The van der Waals surface area contributed by atoms with E-state index in [1.54, 1.807) is 11.0 Å². The van der Waals surface area contributed by atoms with Crippen LogP contribution in [-0.4, -0.2) is 42.6 Å². The number of halogens is 1. The van der Waals surface area contributed by atoms with E-state index in [-0.39, 0.29) is 23.7 Å². The lowest BCUT2D eigenvalue weighted by Crippen LogP contribution is -2.37. The highest BCUT2D eigenvalue weighted by Gasteiger charge is 2.23. The van der Waals surface area contributed by atoms with Crippen LogP contribution in [-0.2, 0) is 27.3 Å². The van der Waals surface area contributed by atoms with Gasteiger partial charge in [-0.05, 0) is 67.1 Å². The molecule has 2 aliphatic rings. The number of carbonyl (C=O) groups excluding carboxylic acids is 2. The molecule has 2 aliphatic heterocycles. The van der Waals surface area contributed by atoms with E-state index in [0.29, 0.717) is 45.4 Å². The van der Waals surface area contributed by atoms with Gasteiger partial charge in [-0.1, -0.05) is 12.1 Å². The van der Waals surface area contributed by atoms with Gasteiger partial charge in [-0.3, -0.25) is 9.59 Å². The van der Waals surface area contributed by atoms with Gasteiger partial charge in [-0.25, -0.2) is 4.39 Å². The van der Waals surface area contributed by atoms with Crippen LogP contribution in [0.2, 0.25) is 0 Å². The molecule has 2 aromatic carbocycles. The summed E-state index contributed by atoms with van der Waals surface area (Å²) in [5.41, 5.74) is 2.68. The predicted octanol–water partition coefficient (Wildman–Crippen LogP) is 4.08.